The van der Waals surface area contributed by atoms with E-state index in [1.54, 1.807) is 35.2 Å². The second-order valence-electron chi connectivity index (χ2n) is 8.21. The van der Waals surface area contributed by atoms with Crippen LogP contribution in [0.25, 0.3) is 27.0 Å². The SMILES string of the molecule is C=CCN(C(=O)c1ccc(C)cc1)c1cc(-c2cccc(C=CC(=O)O)c2)sc1-c1ccccc1O. The Morgan fingerprint density at radius 3 is 2.44 bits per heavy atom. The van der Waals surface area contributed by atoms with Gasteiger partial charge in [0.15, 0.2) is 0 Å². The van der Waals surface area contributed by atoms with Gasteiger partial charge < -0.3 is 15.1 Å². The highest BCUT2D eigenvalue weighted by Gasteiger charge is 2.24. The Balaban J connectivity index is 1.86. The van der Waals surface area contributed by atoms with Gasteiger partial charge in [0.1, 0.15) is 5.75 Å². The number of hydrogen-bond acceptors (Lipinski definition) is 4. The van der Waals surface area contributed by atoms with Crippen LogP contribution in [0.2, 0.25) is 0 Å². The van der Waals surface area contributed by atoms with Crippen LogP contribution >= 0.6 is 11.3 Å². The van der Waals surface area contributed by atoms with E-state index < -0.39 is 5.97 Å². The van der Waals surface area contributed by atoms with E-state index in [0.29, 0.717) is 16.8 Å². The van der Waals surface area contributed by atoms with Crippen LogP contribution in [0.15, 0.2) is 97.6 Å². The van der Waals surface area contributed by atoms with Gasteiger partial charge in [-0.3, -0.25) is 4.79 Å². The summed E-state index contributed by atoms with van der Waals surface area (Å²) in [6, 6.07) is 23.9. The summed E-state index contributed by atoms with van der Waals surface area (Å²) >= 11 is 1.45. The second kappa shape index (κ2) is 10.9. The second-order valence-corrected chi connectivity index (χ2v) is 9.26. The molecule has 0 fully saturated rings. The third kappa shape index (κ3) is 5.45. The number of para-hydroxylation sites is 1. The molecule has 0 aliphatic carbocycles. The number of aromatic hydroxyl groups is 1. The van der Waals surface area contributed by atoms with Crippen molar-refractivity contribution in [2.45, 2.75) is 6.92 Å². The average Bonchev–Trinajstić information content (AvgIpc) is 3.31. The number of carbonyl (C=O) groups excluding carboxylic acids is 1. The predicted molar refractivity (Wildman–Crippen MR) is 147 cm³/mol. The van der Waals surface area contributed by atoms with Crippen LogP contribution in [0.5, 0.6) is 5.75 Å². The number of carboxylic acids is 1. The smallest absolute Gasteiger partial charge is 0.328 e. The van der Waals surface area contributed by atoms with E-state index in [1.165, 1.54) is 17.4 Å². The Morgan fingerprint density at radius 1 is 1.00 bits per heavy atom. The maximum absolute atomic E-state index is 13.6. The fourth-order valence-electron chi connectivity index (χ4n) is 3.82. The maximum Gasteiger partial charge on any atom is 0.328 e. The van der Waals surface area contributed by atoms with Gasteiger partial charge in [0.2, 0.25) is 0 Å². The molecule has 0 aliphatic heterocycles. The molecule has 36 heavy (non-hydrogen) atoms. The van der Waals surface area contributed by atoms with Crippen molar-refractivity contribution in [3.8, 4) is 26.6 Å². The summed E-state index contributed by atoms with van der Waals surface area (Å²) in [5.41, 5.74) is 4.51. The van der Waals surface area contributed by atoms with Crippen molar-refractivity contribution in [2.24, 2.45) is 0 Å². The molecule has 3 aromatic carbocycles. The molecule has 0 saturated carbocycles. The molecule has 4 aromatic rings. The van der Waals surface area contributed by atoms with E-state index in [-0.39, 0.29) is 18.2 Å². The molecule has 6 heteroatoms. The number of phenols is 1. The Bertz CT molecular complexity index is 1450. The number of anilines is 1. The van der Waals surface area contributed by atoms with Gasteiger partial charge in [-0.2, -0.15) is 0 Å². The van der Waals surface area contributed by atoms with Crippen LogP contribution in [0, 0.1) is 6.92 Å². The highest BCUT2D eigenvalue weighted by molar-refractivity contribution is 7.19. The normalized spacial score (nSPS) is 10.9. The zero-order valence-corrected chi connectivity index (χ0v) is 20.5. The number of phenolic OH excluding ortho intramolecular Hbond substituents is 1. The Morgan fingerprint density at radius 2 is 1.75 bits per heavy atom. The number of aryl methyl sites for hydroxylation is 1. The summed E-state index contributed by atoms with van der Waals surface area (Å²) in [5.74, 6) is -1.07. The molecule has 180 valence electrons. The highest BCUT2D eigenvalue weighted by Crippen LogP contribution is 2.46. The number of carbonyl (C=O) groups is 2. The molecule has 4 rings (SSSR count). The quantitative estimate of drug-likeness (QED) is 0.203. The van der Waals surface area contributed by atoms with E-state index in [2.05, 4.69) is 6.58 Å². The lowest BCUT2D eigenvalue weighted by Gasteiger charge is -2.22. The number of nitrogens with zero attached hydrogens (tertiary/aromatic N) is 1. The first-order chi connectivity index (χ1) is 17.4. The Hall–Kier alpha value is -4.42. The monoisotopic (exact) mass is 495 g/mol. The number of rotatable bonds is 8. The van der Waals surface area contributed by atoms with Gasteiger partial charge in [0.05, 0.1) is 10.6 Å². The molecular formula is C30H25NO4S. The number of hydrogen-bond donors (Lipinski definition) is 2. The average molecular weight is 496 g/mol. The van der Waals surface area contributed by atoms with Gasteiger partial charge >= 0.3 is 5.97 Å². The van der Waals surface area contributed by atoms with Crippen LogP contribution in [-0.4, -0.2) is 28.6 Å². The van der Waals surface area contributed by atoms with Crippen LogP contribution in [0.3, 0.4) is 0 Å². The highest BCUT2D eigenvalue weighted by atomic mass is 32.1. The zero-order valence-electron chi connectivity index (χ0n) is 19.7. The number of thiophene rings is 1. The molecular weight excluding hydrogens is 470 g/mol. The Labute approximate surface area is 213 Å². The summed E-state index contributed by atoms with van der Waals surface area (Å²) in [4.78, 5) is 27.8. The van der Waals surface area contributed by atoms with Crippen LogP contribution < -0.4 is 4.90 Å². The first-order valence-electron chi connectivity index (χ1n) is 11.3. The fraction of sp³-hybridized carbons (Fsp3) is 0.0667. The largest absolute Gasteiger partial charge is 0.507 e. The van der Waals surface area contributed by atoms with Crippen molar-refractivity contribution >= 4 is 35.0 Å². The van der Waals surface area contributed by atoms with Gasteiger partial charge in [-0.15, -0.1) is 17.9 Å². The molecule has 0 atom stereocenters. The molecule has 2 N–H and O–H groups in total. The standard InChI is InChI=1S/C30H25NO4S/c1-3-17-31(30(35)22-14-11-20(2)12-15-22)25-19-27(36-29(25)24-9-4-5-10-26(24)32)23-8-6-7-21(18-23)13-16-28(33)34/h3-16,18-19,32H,1,17H2,2H3,(H,33,34). The lowest BCUT2D eigenvalue weighted by molar-refractivity contribution is -0.131. The molecule has 0 bridgehead atoms. The minimum absolute atomic E-state index is 0.117. The van der Waals surface area contributed by atoms with Crippen LogP contribution in [-0.2, 0) is 4.79 Å². The number of carboxylic acid groups (broad SMARTS) is 1. The Kier molecular flexibility index (Phi) is 7.47. The predicted octanol–water partition coefficient (Wildman–Crippen LogP) is 7.03. The summed E-state index contributed by atoms with van der Waals surface area (Å²) in [5, 5.41) is 19.6. The lowest BCUT2D eigenvalue weighted by atomic mass is 10.1. The molecule has 5 nitrogen and oxygen atoms in total. The van der Waals surface area contributed by atoms with Crippen molar-refractivity contribution in [1.29, 1.82) is 0 Å². The third-order valence-corrected chi connectivity index (χ3v) is 6.80. The molecule has 0 radical (unpaired) electrons. The molecule has 0 aliphatic rings. The zero-order chi connectivity index (χ0) is 25.7. The third-order valence-electron chi connectivity index (χ3n) is 5.60. The molecule has 0 spiro atoms. The maximum atomic E-state index is 13.6. The van der Waals surface area contributed by atoms with E-state index in [0.717, 1.165) is 32.5 Å². The summed E-state index contributed by atoms with van der Waals surface area (Å²) in [6.45, 7) is 6.10. The molecule has 0 unspecified atom stereocenters. The number of aliphatic carboxylic acids is 1. The summed E-state index contributed by atoms with van der Waals surface area (Å²) in [7, 11) is 0. The summed E-state index contributed by atoms with van der Waals surface area (Å²) in [6.07, 6.45) is 4.31. The van der Waals surface area contributed by atoms with Crippen LogP contribution in [0.1, 0.15) is 21.5 Å². The van der Waals surface area contributed by atoms with E-state index in [4.69, 9.17) is 5.11 Å². The molecule has 1 amide bonds. The van der Waals surface area contributed by atoms with Gasteiger partial charge in [0, 0.05) is 28.6 Å². The van der Waals surface area contributed by atoms with Gasteiger partial charge in [-0.25, -0.2) is 4.79 Å². The number of amides is 1. The number of benzene rings is 3. The van der Waals surface area contributed by atoms with Crippen LogP contribution in [0.4, 0.5) is 5.69 Å². The van der Waals surface area contributed by atoms with E-state index in [1.807, 2.05) is 61.5 Å². The first-order valence-corrected chi connectivity index (χ1v) is 12.1. The fourth-order valence-corrected chi connectivity index (χ4v) is 5.01. The van der Waals surface area contributed by atoms with Gasteiger partial charge in [-0.05, 0) is 60.5 Å². The molecule has 1 heterocycles. The first kappa shape index (κ1) is 24.7. The van der Waals surface area contributed by atoms with E-state index >= 15 is 0 Å². The van der Waals surface area contributed by atoms with Crippen molar-refractivity contribution in [2.75, 3.05) is 11.4 Å². The minimum atomic E-state index is -1.02. The lowest BCUT2D eigenvalue weighted by Crippen LogP contribution is -2.31. The van der Waals surface area contributed by atoms with E-state index in [9.17, 15) is 14.7 Å². The van der Waals surface area contributed by atoms with Gasteiger partial charge in [-0.1, -0.05) is 54.1 Å². The molecule has 1 aromatic heterocycles. The topological polar surface area (TPSA) is 77.8 Å². The molecule has 0 saturated heterocycles. The van der Waals surface area contributed by atoms with Crippen molar-refractivity contribution in [3.05, 3.63) is 114 Å². The minimum Gasteiger partial charge on any atom is -0.507 e. The summed E-state index contributed by atoms with van der Waals surface area (Å²) < 4.78 is 0. The van der Waals surface area contributed by atoms with Crippen molar-refractivity contribution < 1.29 is 19.8 Å². The van der Waals surface area contributed by atoms with Crippen molar-refractivity contribution in [1.82, 2.24) is 0 Å². The van der Waals surface area contributed by atoms with Gasteiger partial charge in [0.25, 0.3) is 5.91 Å². The van der Waals surface area contributed by atoms with Crippen molar-refractivity contribution in [3.63, 3.8) is 0 Å².